The van der Waals surface area contributed by atoms with Gasteiger partial charge in [-0.15, -0.1) is 0 Å². The molecule has 3 aromatic rings. The number of amides is 2. The minimum absolute atomic E-state index is 0.0397. The molecule has 0 atom stereocenters. The Labute approximate surface area is 202 Å². The largest absolute Gasteiger partial charge is 0.326 e. The van der Waals surface area contributed by atoms with Gasteiger partial charge in [0.05, 0.1) is 11.4 Å². The van der Waals surface area contributed by atoms with Gasteiger partial charge >= 0.3 is 0 Å². The SMILES string of the molecule is CC(=O)Nc1cccc(NC(=O)CN(Cc2ccc(C)cc2)S(=O)(=O)c2ccc(Br)cc2)c1. The van der Waals surface area contributed by atoms with Crippen molar-refractivity contribution in [3.8, 4) is 0 Å². The predicted octanol–water partition coefficient (Wildman–Crippen LogP) is 4.55. The quantitative estimate of drug-likeness (QED) is 0.447. The van der Waals surface area contributed by atoms with E-state index in [0.29, 0.717) is 11.4 Å². The number of hydrogen-bond acceptors (Lipinski definition) is 4. The van der Waals surface area contributed by atoms with Crippen molar-refractivity contribution in [1.82, 2.24) is 4.31 Å². The Hall–Kier alpha value is -3.01. The minimum atomic E-state index is -3.94. The molecule has 33 heavy (non-hydrogen) atoms. The second kappa shape index (κ2) is 10.7. The molecule has 0 radical (unpaired) electrons. The van der Waals surface area contributed by atoms with Gasteiger partial charge in [0.25, 0.3) is 0 Å². The topological polar surface area (TPSA) is 95.6 Å². The number of sulfonamides is 1. The van der Waals surface area contributed by atoms with E-state index < -0.39 is 15.9 Å². The summed E-state index contributed by atoms with van der Waals surface area (Å²) in [5.41, 5.74) is 2.79. The summed E-state index contributed by atoms with van der Waals surface area (Å²) in [6, 6.07) is 20.4. The van der Waals surface area contributed by atoms with Gasteiger partial charge in [0.15, 0.2) is 0 Å². The molecule has 0 saturated heterocycles. The maximum absolute atomic E-state index is 13.4. The second-order valence-electron chi connectivity index (χ2n) is 7.52. The van der Waals surface area contributed by atoms with Crippen LogP contribution in [0.25, 0.3) is 0 Å². The summed E-state index contributed by atoms with van der Waals surface area (Å²) in [5, 5.41) is 5.36. The lowest BCUT2D eigenvalue weighted by atomic mass is 10.1. The number of nitrogens with one attached hydrogen (secondary N) is 2. The van der Waals surface area contributed by atoms with Crippen LogP contribution >= 0.6 is 15.9 Å². The van der Waals surface area contributed by atoms with E-state index in [9.17, 15) is 18.0 Å². The molecule has 0 aromatic heterocycles. The second-order valence-corrected chi connectivity index (χ2v) is 10.4. The normalized spacial score (nSPS) is 11.3. The van der Waals surface area contributed by atoms with Crippen LogP contribution in [0.3, 0.4) is 0 Å². The van der Waals surface area contributed by atoms with E-state index in [1.807, 2.05) is 31.2 Å². The predicted molar refractivity (Wildman–Crippen MR) is 132 cm³/mol. The molecule has 0 heterocycles. The molecule has 0 unspecified atom stereocenters. The molecule has 7 nitrogen and oxygen atoms in total. The van der Waals surface area contributed by atoms with Crippen molar-refractivity contribution < 1.29 is 18.0 Å². The van der Waals surface area contributed by atoms with E-state index in [1.54, 1.807) is 36.4 Å². The molecule has 3 rings (SSSR count). The Morgan fingerprint density at radius 2 is 1.52 bits per heavy atom. The molecule has 0 saturated carbocycles. The third kappa shape index (κ3) is 6.98. The van der Waals surface area contributed by atoms with E-state index in [1.165, 1.54) is 19.1 Å². The molecule has 2 amide bonds. The van der Waals surface area contributed by atoms with Crippen molar-refractivity contribution in [3.63, 3.8) is 0 Å². The maximum atomic E-state index is 13.4. The van der Waals surface area contributed by atoms with Gasteiger partial charge in [-0.2, -0.15) is 4.31 Å². The van der Waals surface area contributed by atoms with Crippen LogP contribution in [0.15, 0.2) is 82.2 Å². The van der Waals surface area contributed by atoms with Gasteiger partial charge in [0, 0.05) is 29.3 Å². The van der Waals surface area contributed by atoms with Crippen molar-refractivity contribution in [2.24, 2.45) is 0 Å². The van der Waals surface area contributed by atoms with Crippen molar-refractivity contribution in [2.75, 3.05) is 17.2 Å². The molecule has 172 valence electrons. The number of nitrogens with zero attached hydrogens (tertiary/aromatic N) is 1. The lowest BCUT2D eigenvalue weighted by Crippen LogP contribution is -2.37. The van der Waals surface area contributed by atoms with E-state index in [-0.39, 0.29) is 23.9 Å². The number of rotatable bonds is 8. The summed E-state index contributed by atoms with van der Waals surface area (Å²) >= 11 is 3.31. The van der Waals surface area contributed by atoms with Crippen molar-refractivity contribution in [2.45, 2.75) is 25.3 Å². The van der Waals surface area contributed by atoms with Crippen molar-refractivity contribution in [3.05, 3.63) is 88.4 Å². The van der Waals surface area contributed by atoms with Crippen LogP contribution in [0, 0.1) is 6.92 Å². The molecule has 0 spiro atoms. The molecule has 0 aliphatic carbocycles. The van der Waals surface area contributed by atoms with E-state index in [2.05, 4.69) is 26.6 Å². The van der Waals surface area contributed by atoms with Gasteiger partial charge < -0.3 is 10.6 Å². The highest BCUT2D eigenvalue weighted by Gasteiger charge is 2.27. The third-order valence-corrected chi connectivity index (χ3v) is 7.05. The zero-order valence-corrected chi connectivity index (χ0v) is 20.6. The number of benzene rings is 3. The smallest absolute Gasteiger partial charge is 0.243 e. The highest BCUT2D eigenvalue weighted by atomic mass is 79.9. The first kappa shape index (κ1) is 24.6. The number of halogens is 1. The molecule has 3 aromatic carbocycles. The number of carbonyl (C=O) groups excluding carboxylic acids is 2. The monoisotopic (exact) mass is 529 g/mol. The van der Waals surface area contributed by atoms with Gasteiger partial charge in [-0.3, -0.25) is 9.59 Å². The fourth-order valence-corrected chi connectivity index (χ4v) is 4.77. The first-order valence-corrected chi connectivity index (χ1v) is 12.4. The molecule has 9 heteroatoms. The maximum Gasteiger partial charge on any atom is 0.243 e. The number of hydrogen-bond donors (Lipinski definition) is 2. The average Bonchev–Trinajstić information content (AvgIpc) is 2.75. The summed E-state index contributed by atoms with van der Waals surface area (Å²) < 4.78 is 28.6. The van der Waals surface area contributed by atoms with Crippen LogP contribution in [-0.2, 0) is 26.2 Å². The fraction of sp³-hybridized carbons (Fsp3) is 0.167. The van der Waals surface area contributed by atoms with Crippen molar-refractivity contribution >= 4 is 49.1 Å². The molecule has 0 aliphatic rings. The fourth-order valence-electron chi connectivity index (χ4n) is 3.12. The van der Waals surface area contributed by atoms with E-state index in [0.717, 1.165) is 19.9 Å². The van der Waals surface area contributed by atoms with Gasteiger partial charge in [0.1, 0.15) is 0 Å². The molecule has 0 bridgehead atoms. The molecule has 0 fully saturated rings. The zero-order chi connectivity index (χ0) is 24.0. The zero-order valence-electron chi connectivity index (χ0n) is 18.2. The minimum Gasteiger partial charge on any atom is -0.326 e. The Morgan fingerprint density at radius 1 is 0.909 bits per heavy atom. The highest BCUT2D eigenvalue weighted by Crippen LogP contribution is 2.22. The van der Waals surface area contributed by atoms with Gasteiger partial charge in [0.2, 0.25) is 21.8 Å². The summed E-state index contributed by atoms with van der Waals surface area (Å²) in [5.74, 6) is -0.730. The Morgan fingerprint density at radius 3 is 2.12 bits per heavy atom. The summed E-state index contributed by atoms with van der Waals surface area (Å²) in [6.07, 6.45) is 0. The lowest BCUT2D eigenvalue weighted by molar-refractivity contribution is -0.116. The number of anilines is 2. The standard InChI is InChI=1S/C24H24BrN3O4S/c1-17-6-8-19(9-7-17)15-28(33(31,32)23-12-10-20(25)11-13-23)16-24(30)27-22-5-3-4-21(14-22)26-18(2)29/h3-14H,15-16H2,1-2H3,(H,26,29)(H,27,30). The van der Waals surface area contributed by atoms with Gasteiger partial charge in [-0.05, 0) is 55.0 Å². The highest BCUT2D eigenvalue weighted by molar-refractivity contribution is 9.10. The molecule has 0 aliphatic heterocycles. The first-order chi connectivity index (χ1) is 15.6. The van der Waals surface area contributed by atoms with Crippen LogP contribution in [0.2, 0.25) is 0 Å². The van der Waals surface area contributed by atoms with E-state index in [4.69, 9.17) is 0 Å². The number of aryl methyl sites for hydroxylation is 1. The van der Waals surface area contributed by atoms with Gasteiger partial charge in [-0.25, -0.2) is 8.42 Å². The number of carbonyl (C=O) groups is 2. The van der Waals surface area contributed by atoms with Crippen molar-refractivity contribution in [1.29, 1.82) is 0 Å². The lowest BCUT2D eigenvalue weighted by Gasteiger charge is -2.22. The third-order valence-electron chi connectivity index (χ3n) is 4.72. The Balaban J connectivity index is 1.84. The van der Waals surface area contributed by atoms with Crippen LogP contribution < -0.4 is 10.6 Å². The summed E-state index contributed by atoms with van der Waals surface area (Å²) in [6.45, 7) is 3.00. The van der Waals surface area contributed by atoms with Crippen LogP contribution in [-0.4, -0.2) is 31.1 Å². The summed E-state index contributed by atoms with van der Waals surface area (Å²) in [4.78, 5) is 24.2. The van der Waals surface area contributed by atoms with Gasteiger partial charge in [-0.1, -0.05) is 51.8 Å². The average molecular weight is 530 g/mol. The summed E-state index contributed by atoms with van der Waals surface area (Å²) in [7, 11) is -3.94. The van der Waals surface area contributed by atoms with Crippen LogP contribution in [0.4, 0.5) is 11.4 Å². The Bertz CT molecular complexity index is 1240. The van der Waals surface area contributed by atoms with Crippen LogP contribution in [0.1, 0.15) is 18.1 Å². The molecular weight excluding hydrogens is 506 g/mol. The first-order valence-electron chi connectivity index (χ1n) is 10.1. The Kier molecular flexibility index (Phi) is 8.01. The molecule has 2 N–H and O–H groups in total. The molecular formula is C24H24BrN3O4S. The van der Waals surface area contributed by atoms with E-state index >= 15 is 0 Å². The van der Waals surface area contributed by atoms with Crippen LogP contribution in [0.5, 0.6) is 0 Å².